The molecule has 1 heterocycles. The predicted molar refractivity (Wildman–Crippen MR) is 109 cm³/mol. The Kier molecular flexibility index (Phi) is 6.10. The number of hydrogen-bond donors (Lipinski definition) is 1. The van der Waals surface area contributed by atoms with Crippen molar-refractivity contribution in [3.63, 3.8) is 0 Å². The van der Waals surface area contributed by atoms with Gasteiger partial charge in [0, 0.05) is 36.5 Å². The van der Waals surface area contributed by atoms with Gasteiger partial charge in [-0.05, 0) is 49.2 Å². The lowest BCUT2D eigenvalue weighted by Crippen LogP contribution is -2.28. The predicted octanol–water partition coefficient (Wildman–Crippen LogP) is 2.75. The molecule has 30 heavy (non-hydrogen) atoms. The summed E-state index contributed by atoms with van der Waals surface area (Å²) in [5.41, 5.74) is 3.00. The minimum absolute atomic E-state index is 0.0471. The lowest BCUT2D eigenvalue weighted by Gasteiger charge is -2.16. The van der Waals surface area contributed by atoms with Gasteiger partial charge >= 0.3 is 5.97 Å². The first-order chi connectivity index (χ1) is 14.2. The molecule has 1 aliphatic rings. The molecule has 0 aliphatic carbocycles. The van der Waals surface area contributed by atoms with Crippen LogP contribution in [0, 0.1) is 29.9 Å². The van der Waals surface area contributed by atoms with Crippen LogP contribution >= 0.6 is 0 Å². The molecule has 0 radical (unpaired) electrons. The van der Waals surface area contributed by atoms with Crippen LogP contribution in [0.5, 0.6) is 0 Å². The van der Waals surface area contributed by atoms with E-state index in [0.29, 0.717) is 11.4 Å². The van der Waals surface area contributed by atoms with E-state index in [1.165, 1.54) is 29.2 Å². The van der Waals surface area contributed by atoms with Gasteiger partial charge in [-0.25, -0.2) is 0 Å². The fourth-order valence-corrected chi connectivity index (χ4v) is 3.37. The van der Waals surface area contributed by atoms with E-state index in [9.17, 15) is 24.5 Å². The molecule has 1 saturated heterocycles. The number of hydrogen-bond acceptors (Lipinski definition) is 6. The summed E-state index contributed by atoms with van der Waals surface area (Å²) in [6, 6.07) is 11.1. The number of nitrogens with one attached hydrogen (secondary N) is 1. The molecular weight excluding hydrogens is 390 g/mol. The van der Waals surface area contributed by atoms with E-state index >= 15 is 0 Å². The number of esters is 1. The summed E-state index contributed by atoms with van der Waals surface area (Å²) in [5.74, 6) is -2.10. The van der Waals surface area contributed by atoms with Crippen LogP contribution in [-0.2, 0) is 19.1 Å². The average Bonchev–Trinajstić information content (AvgIpc) is 3.07. The minimum atomic E-state index is -0.707. The smallest absolute Gasteiger partial charge is 0.311 e. The summed E-state index contributed by atoms with van der Waals surface area (Å²) in [6.45, 7) is 3.47. The molecule has 0 unspecified atom stereocenters. The Labute approximate surface area is 172 Å². The molecule has 2 aromatic rings. The normalized spacial score (nSPS) is 15.7. The van der Waals surface area contributed by atoms with Crippen LogP contribution in [0.1, 0.15) is 17.5 Å². The fraction of sp³-hybridized carbons (Fsp3) is 0.286. The molecule has 1 aliphatic heterocycles. The maximum absolute atomic E-state index is 12.3. The minimum Gasteiger partial charge on any atom is -0.455 e. The number of carbonyl (C=O) groups excluding carboxylic acids is 3. The van der Waals surface area contributed by atoms with Crippen LogP contribution in [-0.4, -0.2) is 35.9 Å². The molecule has 1 N–H and O–H groups in total. The lowest BCUT2D eigenvalue weighted by atomic mass is 10.1. The largest absolute Gasteiger partial charge is 0.455 e. The summed E-state index contributed by atoms with van der Waals surface area (Å²) in [5, 5.41) is 13.4. The summed E-state index contributed by atoms with van der Waals surface area (Å²) in [4.78, 5) is 48.2. The van der Waals surface area contributed by atoms with Gasteiger partial charge in [-0.1, -0.05) is 6.07 Å². The molecule has 0 aromatic heterocycles. The molecule has 0 saturated carbocycles. The number of ether oxygens (including phenoxy) is 1. The fourth-order valence-electron chi connectivity index (χ4n) is 3.37. The van der Waals surface area contributed by atoms with Crippen molar-refractivity contribution in [1.82, 2.24) is 0 Å². The first-order valence-corrected chi connectivity index (χ1v) is 9.32. The quantitative estimate of drug-likeness (QED) is 0.443. The maximum atomic E-state index is 12.3. The molecule has 0 spiro atoms. The zero-order chi connectivity index (χ0) is 21.8. The molecule has 156 valence electrons. The SMILES string of the molecule is Cc1cc(C)cc(NC(=O)COC(=O)[C@@H]2CC(=O)N(c3ccc([N+](=O)[O-])cc3)C2)c1. The van der Waals surface area contributed by atoms with Crippen LogP contribution in [0.15, 0.2) is 42.5 Å². The van der Waals surface area contributed by atoms with E-state index in [-0.39, 0.29) is 24.6 Å². The van der Waals surface area contributed by atoms with E-state index in [0.717, 1.165) is 11.1 Å². The molecule has 0 bridgehead atoms. The number of rotatable bonds is 6. The van der Waals surface area contributed by atoms with Gasteiger partial charge in [0.15, 0.2) is 6.61 Å². The van der Waals surface area contributed by atoms with Gasteiger partial charge in [0.2, 0.25) is 5.91 Å². The monoisotopic (exact) mass is 411 g/mol. The van der Waals surface area contributed by atoms with Crippen molar-refractivity contribution in [2.24, 2.45) is 5.92 Å². The van der Waals surface area contributed by atoms with Gasteiger partial charge in [-0.15, -0.1) is 0 Å². The second kappa shape index (κ2) is 8.73. The first kappa shape index (κ1) is 21.0. The van der Waals surface area contributed by atoms with Crippen molar-refractivity contribution in [1.29, 1.82) is 0 Å². The van der Waals surface area contributed by atoms with Crippen molar-refractivity contribution in [3.05, 3.63) is 63.7 Å². The third-order valence-corrected chi connectivity index (χ3v) is 4.68. The van der Waals surface area contributed by atoms with Crippen LogP contribution in [0.25, 0.3) is 0 Å². The Balaban J connectivity index is 1.54. The number of nitrogens with zero attached hydrogens (tertiary/aromatic N) is 2. The van der Waals surface area contributed by atoms with Crippen LogP contribution in [0.4, 0.5) is 17.1 Å². The zero-order valence-corrected chi connectivity index (χ0v) is 16.6. The molecule has 9 nitrogen and oxygen atoms in total. The van der Waals surface area contributed by atoms with E-state index in [1.54, 1.807) is 0 Å². The number of nitro groups is 1. The second-order valence-electron chi connectivity index (χ2n) is 7.21. The number of aryl methyl sites for hydroxylation is 2. The third-order valence-electron chi connectivity index (χ3n) is 4.68. The summed E-state index contributed by atoms with van der Waals surface area (Å²) >= 11 is 0. The first-order valence-electron chi connectivity index (χ1n) is 9.32. The van der Waals surface area contributed by atoms with Crippen LogP contribution in [0.3, 0.4) is 0 Å². The van der Waals surface area contributed by atoms with Gasteiger partial charge in [0.1, 0.15) is 0 Å². The topological polar surface area (TPSA) is 119 Å². The van der Waals surface area contributed by atoms with E-state index in [1.807, 2.05) is 32.0 Å². The second-order valence-corrected chi connectivity index (χ2v) is 7.21. The Morgan fingerprint density at radius 3 is 2.40 bits per heavy atom. The van der Waals surface area contributed by atoms with Crippen molar-refractivity contribution in [2.75, 3.05) is 23.4 Å². The average molecular weight is 411 g/mol. The number of carbonyl (C=O) groups is 3. The van der Waals surface area contributed by atoms with Crippen LogP contribution < -0.4 is 10.2 Å². The number of amides is 2. The van der Waals surface area contributed by atoms with Gasteiger partial charge < -0.3 is 15.0 Å². The highest BCUT2D eigenvalue weighted by molar-refractivity contribution is 6.00. The molecule has 9 heteroatoms. The Morgan fingerprint density at radius 1 is 1.17 bits per heavy atom. The van der Waals surface area contributed by atoms with Crippen molar-refractivity contribution in [3.8, 4) is 0 Å². The maximum Gasteiger partial charge on any atom is 0.311 e. The number of nitro benzene ring substituents is 1. The molecule has 2 aromatic carbocycles. The molecule has 2 amide bonds. The Morgan fingerprint density at radius 2 is 1.80 bits per heavy atom. The number of benzene rings is 2. The molecule has 1 atom stereocenters. The van der Waals surface area contributed by atoms with Gasteiger partial charge in [0.05, 0.1) is 10.8 Å². The lowest BCUT2D eigenvalue weighted by molar-refractivity contribution is -0.384. The highest BCUT2D eigenvalue weighted by atomic mass is 16.6. The van der Waals surface area contributed by atoms with Gasteiger partial charge in [0.25, 0.3) is 11.6 Å². The third kappa shape index (κ3) is 4.99. The number of anilines is 2. The highest BCUT2D eigenvalue weighted by Gasteiger charge is 2.36. The van der Waals surface area contributed by atoms with E-state index in [4.69, 9.17) is 4.74 Å². The molecule has 3 rings (SSSR count). The standard InChI is InChI=1S/C21H21N3O6/c1-13-7-14(2)9-16(8-13)22-19(25)12-30-21(27)15-10-20(26)23(11-15)17-3-5-18(6-4-17)24(28)29/h3-9,15H,10-12H2,1-2H3,(H,22,25)/t15-/m1/s1. The summed E-state index contributed by atoms with van der Waals surface area (Å²) < 4.78 is 5.08. The molecular formula is C21H21N3O6. The Hall–Kier alpha value is -3.75. The summed E-state index contributed by atoms with van der Waals surface area (Å²) in [6.07, 6.45) is -0.0471. The highest BCUT2D eigenvalue weighted by Crippen LogP contribution is 2.27. The van der Waals surface area contributed by atoms with E-state index in [2.05, 4.69) is 5.32 Å². The number of non-ortho nitro benzene ring substituents is 1. The molecule has 1 fully saturated rings. The Bertz CT molecular complexity index is 982. The zero-order valence-electron chi connectivity index (χ0n) is 16.6. The van der Waals surface area contributed by atoms with Gasteiger partial charge in [-0.3, -0.25) is 24.5 Å². The van der Waals surface area contributed by atoms with Crippen LogP contribution in [0.2, 0.25) is 0 Å². The van der Waals surface area contributed by atoms with Crippen molar-refractivity contribution >= 4 is 34.8 Å². The summed E-state index contributed by atoms with van der Waals surface area (Å²) in [7, 11) is 0. The van der Waals surface area contributed by atoms with Gasteiger partial charge in [-0.2, -0.15) is 0 Å². The van der Waals surface area contributed by atoms with Crippen molar-refractivity contribution in [2.45, 2.75) is 20.3 Å². The van der Waals surface area contributed by atoms with Crippen molar-refractivity contribution < 1.29 is 24.0 Å². The van der Waals surface area contributed by atoms with E-state index < -0.39 is 29.3 Å².